The molecule has 0 bridgehead atoms. The number of piperazine rings is 1. The van der Waals surface area contributed by atoms with Crippen molar-refractivity contribution in [2.24, 2.45) is 0 Å². The maximum atomic E-state index is 11.6. The summed E-state index contributed by atoms with van der Waals surface area (Å²) in [5.41, 5.74) is 3.02. The van der Waals surface area contributed by atoms with Crippen LogP contribution in [0.4, 0.5) is 5.69 Å². The molecular formula is C17H20ClN5O. The second kappa shape index (κ2) is 6.53. The molecule has 2 fully saturated rings. The van der Waals surface area contributed by atoms with Crippen molar-refractivity contribution in [3.63, 3.8) is 0 Å². The first-order valence-corrected chi connectivity index (χ1v) is 8.74. The Labute approximate surface area is 145 Å². The van der Waals surface area contributed by atoms with E-state index in [4.69, 9.17) is 11.6 Å². The average molecular weight is 346 g/mol. The van der Waals surface area contributed by atoms with Crippen LogP contribution in [-0.4, -0.2) is 46.3 Å². The van der Waals surface area contributed by atoms with E-state index in [0.717, 1.165) is 38.4 Å². The fourth-order valence-electron chi connectivity index (χ4n) is 3.29. The Balaban J connectivity index is 1.42. The fourth-order valence-corrected chi connectivity index (χ4v) is 3.50. The zero-order valence-electron chi connectivity index (χ0n) is 13.4. The maximum absolute atomic E-state index is 11.6. The van der Waals surface area contributed by atoms with Gasteiger partial charge in [0, 0.05) is 50.5 Å². The van der Waals surface area contributed by atoms with Crippen LogP contribution in [0.1, 0.15) is 30.0 Å². The minimum Gasteiger partial charge on any atom is -0.366 e. The molecule has 1 aliphatic heterocycles. The summed E-state index contributed by atoms with van der Waals surface area (Å²) in [5, 5.41) is 6.44. The summed E-state index contributed by atoms with van der Waals surface area (Å²) in [6, 6.07) is 4.23. The number of aromatic nitrogens is 3. The van der Waals surface area contributed by atoms with Gasteiger partial charge in [0.2, 0.25) is 0 Å². The zero-order valence-corrected chi connectivity index (χ0v) is 14.2. The summed E-state index contributed by atoms with van der Waals surface area (Å²) >= 11 is 6.11. The van der Waals surface area contributed by atoms with Crippen LogP contribution in [0.25, 0.3) is 0 Å². The average Bonchev–Trinajstić information content (AvgIpc) is 3.44. The van der Waals surface area contributed by atoms with Gasteiger partial charge in [-0.25, -0.2) is 5.10 Å². The van der Waals surface area contributed by atoms with Gasteiger partial charge in [-0.3, -0.25) is 14.7 Å². The summed E-state index contributed by atoms with van der Waals surface area (Å²) in [6.45, 7) is 4.48. The van der Waals surface area contributed by atoms with Crippen LogP contribution in [0.3, 0.4) is 0 Å². The lowest BCUT2D eigenvalue weighted by Gasteiger charge is -2.36. The van der Waals surface area contributed by atoms with Crippen LogP contribution in [0, 0.1) is 0 Å². The van der Waals surface area contributed by atoms with Crippen LogP contribution in [0.15, 0.2) is 29.3 Å². The molecule has 126 valence electrons. The first-order chi connectivity index (χ1) is 11.7. The van der Waals surface area contributed by atoms with Crippen molar-refractivity contribution in [1.82, 2.24) is 20.1 Å². The number of H-pyrrole nitrogens is 1. The molecule has 2 aliphatic rings. The van der Waals surface area contributed by atoms with Crippen LogP contribution in [-0.2, 0) is 6.54 Å². The van der Waals surface area contributed by atoms with Gasteiger partial charge in [-0.15, -0.1) is 0 Å². The lowest BCUT2D eigenvalue weighted by Crippen LogP contribution is -2.46. The van der Waals surface area contributed by atoms with E-state index in [1.807, 2.05) is 12.3 Å². The Morgan fingerprint density at radius 1 is 1.25 bits per heavy atom. The van der Waals surface area contributed by atoms with Gasteiger partial charge in [0.05, 0.1) is 11.9 Å². The number of nitrogens with one attached hydrogen (secondary N) is 1. The number of halogens is 1. The monoisotopic (exact) mass is 345 g/mol. The number of hydrogen-bond donors (Lipinski definition) is 1. The highest BCUT2D eigenvalue weighted by molar-refractivity contribution is 6.32. The lowest BCUT2D eigenvalue weighted by atomic mass is 10.1. The Kier molecular flexibility index (Phi) is 4.24. The van der Waals surface area contributed by atoms with E-state index in [1.165, 1.54) is 24.1 Å². The van der Waals surface area contributed by atoms with Gasteiger partial charge in [-0.05, 0) is 24.5 Å². The SMILES string of the molecule is O=c1[nH]ncc(N2CCN(Cc3cccnc3C3CC3)CC2)c1Cl. The molecule has 4 rings (SSSR count). The molecule has 1 saturated carbocycles. The topological polar surface area (TPSA) is 65.1 Å². The third kappa shape index (κ3) is 3.16. The molecule has 6 nitrogen and oxygen atoms in total. The van der Waals surface area contributed by atoms with Crippen molar-refractivity contribution in [3.8, 4) is 0 Å². The Bertz CT molecular complexity index is 781. The normalized spacial score (nSPS) is 18.8. The molecule has 0 radical (unpaired) electrons. The van der Waals surface area contributed by atoms with Crippen molar-refractivity contribution in [3.05, 3.63) is 51.2 Å². The van der Waals surface area contributed by atoms with Crippen LogP contribution >= 0.6 is 11.6 Å². The number of anilines is 1. The second-order valence-corrected chi connectivity index (χ2v) is 6.86. The third-order valence-corrected chi connectivity index (χ3v) is 5.14. The van der Waals surface area contributed by atoms with E-state index < -0.39 is 0 Å². The van der Waals surface area contributed by atoms with E-state index in [2.05, 4.69) is 31.0 Å². The molecule has 24 heavy (non-hydrogen) atoms. The standard InChI is InChI=1S/C17H20ClN5O/c18-15-14(10-20-21-17(15)24)23-8-6-22(7-9-23)11-13-2-1-5-19-16(13)12-3-4-12/h1-2,5,10,12H,3-4,6-9,11H2,(H,21,24). The number of aromatic amines is 1. The largest absolute Gasteiger partial charge is 0.366 e. The van der Waals surface area contributed by atoms with Gasteiger partial charge in [-0.1, -0.05) is 17.7 Å². The number of pyridine rings is 1. The van der Waals surface area contributed by atoms with E-state index in [-0.39, 0.29) is 10.6 Å². The Morgan fingerprint density at radius 2 is 2.04 bits per heavy atom. The van der Waals surface area contributed by atoms with E-state index >= 15 is 0 Å². The first-order valence-electron chi connectivity index (χ1n) is 8.36. The van der Waals surface area contributed by atoms with Crippen molar-refractivity contribution >= 4 is 17.3 Å². The molecule has 0 unspecified atom stereocenters. The van der Waals surface area contributed by atoms with Crippen molar-refractivity contribution in [1.29, 1.82) is 0 Å². The zero-order chi connectivity index (χ0) is 16.5. The Hall–Kier alpha value is -1.92. The van der Waals surface area contributed by atoms with Crippen molar-refractivity contribution < 1.29 is 0 Å². The number of nitrogens with zero attached hydrogens (tertiary/aromatic N) is 4. The predicted molar refractivity (Wildman–Crippen MR) is 93.6 cm³/mol. The number of hydrogen-bond acceptors (Lipinski definition) is 5. The molecule has 0 aromatic carbocycles. The molecule has 2 aromatic rings. The lowest BCUT2D eigenvalue weighted by molar-refractivity contribution is 0.249. The highest BCUT2D eigenvalue weighted by Crippen LogP contribution is 2.40. The van der Waals surface area contributed by atoms with Crippen molar-refractivity contribution in [2.45, 2.75) is 25.3 Å². The van der Waals surface area contributed by atoms with Crippen LogP contribution in [0.5, 0.6) is 0 Å². The summed E-state index contributed by atoms with van der Waals surface area (Å²) in [4.78, 5) is 20.8. The molecule has 2 aromatic heterocycles. The van der Waals surface area contributed by atoms with Gasteiger partial charge in [0.25, 0.3) is 5.56 Å². The minimum atomic E-state index is -0.332. The van der Waals surface area contributed by atoms with Gasteiger partial charge >= 0.3 is 0 Å². The Morgan fingerprint density at radius 3 is 2.79 bits per heavy atom. The quantitative estimate of drug-likeness (QED) is 0.918. The molecule has 0 atom stereocenters. The summed E-state index contributed by atoms with van der Waals surface area (Å²) in [6.07, 6.45) is 6.07. The highest BCUT2D eigenvalue weighted by atomic mass is 35.5. The van der Waals surface area contributed by atoms with Crippen LogP contribution < -0.4 is 10.5 Å². The molecule has 7 heteroatoms. The predicted octanol–water partition coefficient (Wildman–Crippen LogP) is 2.02. The van der Waals surface area contributed by atoms with Gasteiger partial charge < -0.3 is 4.90 Å². The molecule has 0 spiro atoms. The van der Waals surface area contributed by atoms with Gasteiger partial charge in [0.1, 0.15) is 5.02 Å². The van der Waals surface area contributed by atoms with Crippen molar-refractivity contribution in [2.75, 3.05) is 31.1 Å². The summed E-state index contributed by atoms with van der Waals surface area (Å²) < 4.78 is 0. The highest BCUT2D eigenvalue weighted by Gasteiger charge is 2.28. The molecular weight excluding hydrogens is 326 g/mol. The molecule has 1 saturated heterocycles. The molecule has 3 heterocycles. The van der Waals surface area contributed by atoms with Gasteiger partial charge in [0.15, 0.2) is 0 Å². The minimum absolute atomic E-state index is 0.224. The molecule has 1 N–H and O–H groups in total. The number of rotatable bonds is 4. The van der Waals surface area contributed by atoms with E-state index in [0.29, 0.717) is 5.92 Å². The van der Waals surface area contributed by atoms with E-state index in [9.17, 15) is 4.79 Å². The maximum Gasteiger partial charge on any atom is 0.285 e. The molecule has 1 aliphatic carbocycles. The first kappa shape index (κ1) is 15.6. The van der Waals surface area contributed by atoms with Crippen LogP contribution in [0.2, 0.25) is 5.02 Å². The van der Waals surface area contributed by atoms with Gasteiger partial charge in [-0.2, -0.15) is 5.10 Å². The molecule has 0 amide bonds. The smallest absolute Gasteiger partial charge is 0.285 e. The summed E-state index contributed by atoms with van der Waals surface area (Å²) in [5.74, 6) is 0.670. The summed E-state index contributed by atoms with van der Waals surface area (Å²) in [7, 11) is 0. The second-order valence-electron chi connectivity index (χ2n) is 6.48. The fraction of sp³-hybridized carbons (Fsp3) is 0.471. The third-order valence-electron chi connectivity index (χ3n) is 4.77. The van der Waals surface area contributed by atoms with E-state index in [1.54, 1.807) is 6.20 Å².